The van der Waals surface area contributed by atoms with Gasteiger partial charge in [-0.1, -0.05) is 27.7 Å². The lowest BCUT2D eigenvalue weighted by molar-refractivity contribution is -0.139. The first kappa shape index (κ1) is 21.4. The standard InChI is InChI=1S/C19H32N2O4/c1-12(2)9-14(21-13(18(24)25)7-5-6-8-20)17-15(22)10-19(3,4)11-16(17)23/h12-13,21H,5-11,20H2,1-4H3,(H,24,25)/t13-/m0/s1. The highest BCUT2D eigenvalue weighted by atomic mass is 16.4. The Morgan fingerprint density at radius 1 is 1.20 bits per heavy atom. The van der Waals surface area contributed by atoms with E-state index < -0.39 is 12.0 Å². The summed E-state index contributed by atoms with van der Waals surface area (Å²) in [4.78, 5) is 36.7. The monoisotopic (exact) mass is 352 g/mol. The number of ketones is 2. The lowest BCUT2D eigenvalue weighted by Crippen LogP contribution is -2.40. The highest BCUT2D eigenvalue weighted by molar-refractivity contribution is 6.22. The van der Waals surface area contributed by atoms with Gasteiger partial charge in [-0.05, 0) is 43.6 Å². The number of allylic oxidation sites excluding steroid dienone is 2. The molecule has 0 spiro atoms. The summed E-state index contributed by atoms with van der Waals surface area (Å²) >= 11 is 0. The maximum Gasteiger partial charge on any atom is 0.326 e. The van der Waals surface area contributed by atoms with E-state index in [1.165, 1.54) is 0 Å². The second-order valence-electron chi connectivity index (χ2n) is 8.14. The van der Waals surface area contributed by atoms with Crippen LogP contribution in [0.1, 0.15) is 66.2 Å². The number of carboxylic acids is 1. The third-order valence-electron chi connectivity index (χ3n) is 4.34. The van der Waals surface area contributed by atoms with Gasteiger partial charge in [0.05, 0.1) is 5.57 Å². The van der Waals surface area contributed by atoms with Gasteiger partial charge in [-0.3, -0.25) is 9.59 Å². The van der Waals surface area contributed by atoms with Crippen LogP contribution in [0.25, 0.3) is 0 Å². The molecule has 6 heteroatoms. The Labute approximate surface area is 150 Å². The number of nitrogens with two attached hydrogens (primary N) is 1. The molecule has 1 rings (SSSR count). The maximum absolute atomic E-state index is 12.6. The van der Waals surface area contributed by atoms with Crippen molar-refractivity contribution in [3.8, 4) is 0 Å². The van der Waals surface area contributed by atoms with Gasteiger partial charge < -0.3 is 16.2 Å². The average molecular weight is 352 g/mol. The van der Waals surface area contributed by atoms with Gasteiger partial charge in [-0.15, -0.1) is 0 Å². The number of aliphatic carboxylic acids is 1. The summed E-state index contributed by atoms with van der Waals surface area (Å²) in [6.45, 7) is 8.28. The predicted octanol–water partition coefficient (Wildman–Crippen LogP) is 2.42. The molecule has 1 aliphatic rings. The Bertz CT molecular complexity index is 528. The van der Waals surface area contributed by atoms with E-state index in [-0.39, 0.29) is 28.5 Å². The molecule has 6 nitrogen and oxygen atoms in total. The summed E-state index contributed by atoms with van der Waals surface area (Å²) in [5.41, 5.74) is 5.80. The fourth-order valence-electron chi connectivity index (χ4n) is 3.20. The molecule has 1 fully saturated rings. The molecule has 25 heavy (non-hydrogen) atoms. The van der Waals surface area contributed by atoms with Crippen molar-refractivity contribution in [3.05, 3.63) is 11.3 Å². The van der Waals surface area contributed by atoms with Crippen molar-refractivity contribution in [1.82, 2.24) is 5.32 Å². The number of carbonyl (C=O) groups excluding carboxylic acids is 2. The van der Waals surface area contributed by atoms with Crippen LogP contribution >= 0.6 is 0 Å². The van der Waals surface area contributed by atoms with E-state index in [2.05, 4.69) is 5.32 Å². The molecule has 0 aliphatic heterocycles. The molecule has 142 valence electrons. The number of rotatable bonds is 9. The Morgan fingerprint density at radius 2 is 1.76 bits per heavy atom. The number of unbranched alkanes of at least 4 members (excludes halogenated alkanes) is 1. The minimum absolute atomic E-state index is 0.179. The molecule has 0 amide bonds. The molecule has 0 aromatic rings. The summed E-state index contributed by atoms with van der Waals surface area (Å²) in [6.07, 6.45) is 2.93. The third kappa shape index (κ3) is 6.61. The molecule has 1 saturated carbocycles. The molecule has 4 N–H and O–H groups in total. The lowest BCUT2D eigenvalue weighted by atomic mass is 9.73. The fourth-order valence-corrected chi connectivity index (χ4v) is 3.20. The molecule has 0 heterocycles. The first-order valence-electron chi connectivity index (χ1n) is 9.06. The van der Waals surface area contributed by atoms with E-state index in [0.29, 0.717) is 44.3 Å². The summed E-state index contributed by atoms with van der Waals surface area (Å²) in [5.74, 6) is -1.15. The smallest absolute Gasteiger partial charge is 0.326 e. The zero-order valence-corrected chi connectivity index (χ0v) is 15.9. The molecule has 1 atom stereocenters. The van der Waals surface area contributed by atoms with Crippen LogP contribution in [0.5, 0.6) is 0 Å². The third-order valence-corrected chi connectivity index (χ3v) is 4.34. The molecule has 0 saturated heterocycles. The zero-order valence-electron chi connectivity index (χ0n) is 15.9. The number of hydrogen-bond donors (Lipinski definition) is 3. The van der Waals surface area contributed by atoms with Crippen LogP contribution in [0.2, 0.25) is 0 Å². The molecule has 0 aromatic carbocycles. The number of hydrogen-bond acceptors (Lipinski definition) is 5. The highest BCUT2D eigenvalue weighted by Gasteiger charge is 2.38. The van der Waals surface area contributed by atoms with Crippen molar-refractivity contribution >= 4 is 17.5 Å². The van der Waals surface area contributed by atoms with Crippen molar-refractivity contribution in [2.45, 2.75) is 72.3 Å². The minimum atomic E-state index is -0.977. The lowest BCUT2D eigenvalue weighted by Gasteiger charge is -2.31. The van der Waals surface area contributed by atoms with Gasteiger partial charge in [0.2, 0.25) is 0 Å². The molecule has 1 aliphatic carbocycles. The first-order chi connectivity index (χ1) is 11.6. The van der Waals surface area contributed by atoms with Crippen molar-refractivity contribution in [1.29, 1.82) is 0 Å². The second kappa shape index (κ2) is 9.13. The van der Waals surface area contributed by atoms with Crippen LogP contribution in [0.15, 0.2) is 11.3 Å². The van der Waals surface area contributed by atoms with Gasteiger partial charge in [-0.25, -0.2) is 4.79 Å². The van der Waals surface area contributed by atoms with Crippen LogP contribution in [-0.2, 0) is 14.4 Å². The Kier molecular flexibility index (Phi) is 7.80. The first-order valence-corrected chi connectivity index (χ1v) is 9.06. The fraction of sp³-hybridized carbons (Fsp3) is 0.737. The van der Waals surface area contributed by atoms with Crippen LogP contribution in [-0.4, -0.2) is 35.2 Å². The maximum atomic E-state index is 12.6. The van der Waals surface area contributed by atoms with Crippen LogP contribution in [0.3, 0.4) is 0 Å². The van der Waals surface area contributed by atoms with Crippen LogP contribution in [0.4, 0.5) is 0 Å². The Balaban J connectivity index is 3.11. The molecule has 0 bridgehead atoms. The van der Waals surface area contributed by atoms with Crippen LogP contribution in [0, 0.1) is 11.3 Å². The van der Waals surface area contributed by atoms with E-state index in [1.54, 1.807) is 0 Å². The van der Waals surface area contributed by atoms with Crippen molar-refractivity contribution in [2.75, 3.05) is 6.54 Å². The summed E-state index contributed by atoms with van der Waals surface area (Å²) in [5, 5.41) is 12.5. The van der Waals surface area contributed by atoms with E-state index >= 15 is 0 Å². The van der Waals surface area contributed by atoms with Crippen LogP contribution < -0.4 is 11.1 Å². The van der Waals surface area contributed by atoms with E-state index in [0.717, 1.165) is 6.42 Å². The van der Waals surface area contributed by atoms with E-state index in [9.17, 15) is 19.5 Å². The Hall–Kier alpha value is -1.69. The SMILES string of the molecule is CC(C)CC(N[C@@H](CCCCN)C(=O)O)=C1C(=O)CC(C)(C)CC1=O. The van der Waals surface area contributed by atoms with Crippen molar-refractivity contribution in [2.24, 2.45) is 17.1 Å². The largest absolute Gasteiger partial charge is 0.480 e. The summed E-state index contributed by atoms with van der Waals surface area (Å²) < 4.78 is 0. The number of carbonyl (C=O) groups is 3. The Morgan fingerprint density at radius 3 is 2.20 bits per heavy atom. The zero-order chi connectivity index (χ0) is 19.2. The molecule has 0 aromatic heterocycles. The number of carboxylic acid groups (broad SMARTS) is 1. The summed E-state index contributed by atoms with van der Waals surface area (Å²) in [7, 11) is 0. The van der Waals surface area contributed by atoms with Gasteiger partial charge in [0, 0.05) is 18.5 Å². The normalized spacial score (nSPS) is 18.4. The molecular weight excluding hydrogens is 320 g/mol. The van der Waals surface area contributed by atoms with E-state index in [4.69, 9.17) is 5.73 Å². The van der Waals surface area contributed by atoms with E-state index in [1.807, 2.05) is 27.7 Å². The van der Waals surface area contributed by atoms with Gasteiger partial charge in [0.25, 0.3) is 0 Å². The molecule has 0 unspecified atom stereocenters. The van der Waals surface area contributed by atoms with Crippen molar-refractivity contribution < 1.29 is 19.5 Å². The van der Waals surface area contributed by atoms with Gasteiger partial charge in [0.1, 0.15) is 6.04 Å². The average Bonchev–Trinajstić information content (AvgIpc) is 2.43. The van der Waals surface area contributed by atoms with Gasteiger partial charge in [-0.2, -0.15) is 0 Å². The second-order valence-corrected chi connectivity index (χ2v) is 8.14. The minimum Gasteiger partial charge on any atom is -0.480 e. The summed E-state index contributed by atoms with van der Waals surface area (Å²) in [6, 6.07) is -0.816. The van der Waals surface area contributed by atoms with Crippen molar-refractivity contribution in [3.63, 3.8) is 0 Å². The predicted molar refractivity (Wildman–Crippen MR) is 97.0 cm³/mol. The molecular formula is C19H32N2O4. The van der Waals surface area contributed by atoms with Gasteiger partial charge >= 0.3 is 5.97 Å². The number of Topliss-reactive ketones (excluding diaryl/α,β-unsaturated/α-hetero) is 2. The topological polar surface area (TPSA) is 109 Å². The highest BCUT2D eigenvalue weighted by Crippen LogP contribution is 2.35. The number of nitrogens with one attached hydrogen (secondary N) is 1. The van der Waals surface area contributed by atoms with Gasteiger partial charge in [0.15, 0.2) is 11.6 Å². The quantitative estimate of drug-likeness (QED) is 0.334. The molecule has 0 radical (unpaired) electrons.